The summed E-state index contributed by atoms with van der Waals surface area (Å²) in [6.07, 6.45) is 4.86. The zero-order valence-corrected chi connectivity index (χ0v) is 13.5. The van der Waals surface area contributed by atoms with E-state index in [2.05, 4.69) is 0 Å². The van der Waals surface area contributed by atoms with Gasteiger partial charge >= 0.3 is 5.97 Å². The summed E-state index contributed by atoms with van der Waals surface area (Å²) in [5.41, 5.74) is 0.342. The molecule has 1 aromatic carbocycles. The van der Waals surface area contributed by atoms with Gasteiger partial charge in [-0.05, 0) is 18.4 Å². The smallest absolute Gasteiger partial charge is 0.312 e. The van der Waals surface area contributed by atoms with E-state index in [0.29, 0.717) is 0 Å². The lowest BCUT2D eigenvalue weighted by atomic mass is 9.71. The number of ether oxygens (including phenoxy) is 1. The van der Waals surface area contributed by atoms with E-state index in [1.165, 1.54) is 0 Å². The second-order valence-corrected chi connectivity index (χ2v) is 6.37. The summed E-state index contributed by atoms with van der Waals surface area (Å²) in [6, 6.07) is 9.66. The number of hydrogen-bond donors (Lipinski definition) is 0. The average Bonchev–Trinajstić information content (AvgIpc) is 2.54. The lowest BCUT2D eigenvalue weighted by Gasteiger charge is -2.35. The molecule has 0 aromatic heterocycles. The van der Waals surface area contributed by atoms with Gasteiger partial charge in [0, 0.05) is 20.5 Å². The van der Waals surface area contributed by atoms with E-state index in [1.54, 1.807) is 19.0 Å². The molecule has 4 heteroatoms. The Morgan fingerprint density at radius 3 is 2.32 bits per heavy atom. The van der Waals surface area contributed by atoms with Gasteiger partial charge in [-0.2, -0.15) is 0 Å². The van der Waals surface area contributed by atoms with E-state index in [0.717, 1.165) is 37.7 Å². The van der Waals surface area contributed by atoms with E-state index in [4.69, 9.17) is 4.74 Å². The van der Waals surface area contributed by atoms with Crippen LogP contribution in [0.2, 0.25) is 0 Å². The standard InChI is InChI=1S/C18H25NO3/c1-19(2)16(20)13-18(11-7-4-8-12-18)17(21)22-14-15-9-5-3-6-10-15/h3,5-6,9-10H,4,7-8,11-14H2,1-2H3. The van der Waals surface area contributed by atoms with E-state index < -0.39 is 5.41 Å². The van der Waals surface area contributed by atoms with Crippen molar-refractivity contribution >= 4 is 11.9 Å². The fourth-order valence-corrected chi connectivity index (χ4v) is 3.01. The quantitative estimate of drug-likeness (QED) is 0.785. The Hall–Kier alpha value is -1.84. The van der Waals surface area contributed by atoms with E-state index in [-0.39, 0.29) is 24.9 Å². The Labute approximate surface area is 132 Å². The highest BCUT2D eigenvalue weighted by Gasteiger charge is 2.43. The van der Waals surface area contributed by atoms with Crippen molar-refractivity contribution in [1.29, 1.82) is 0 Å². The van der Waals surface area contributed by atoms with Crippen molar-refractivity contribution in [2.45, 2.75) is 45.1 Å². The molecule has 1 fully saturated rings. The van der Waals surface area contributed by atoms with Crippen LogP contribution < -0.4 is 0 Å². The third-order valence-electron chi connectivity index (χ3n) is 4.44. The number of nitrogens with zero attached hydrogens (tertiary/aromatic N) is 1. The minimum atomic E-state index is -0.631. The summed E-state index contributed by atoms with van der Waals surface area (Å²) in [4.78, 5) is 26.3. The molecule has 2 rings (SSSR count). The molecular formula is C18H25NO3. The van der Waals surface area contributed by atoms with Crippen molar-refractivity contribution in [2.75, 3.05) is 14.1 Å². The number of esters is 1. The van der Waals surface area contributed by atoms with Crippen LogP contribution in [0.5, 0.6) is 0 Å². The summed E-state index contributed by atoms with van der Waals surface area (Å²) < 4.78 is 5.54. The Kier molecular flexibility index (Phi) is 5.58. The first-order chi connectivity index (χ1) is 10.5. The first kappa shape index (κ1) is 16.5. The molecule has 4 nitrogen and oxygen atoms in total. The minimum Gasteiger partial charge on any atom is -0.460 e. The van der Waals surface area contributed by atoms with Crippen LogP contribution >= 0.6 is 0 Å². The molecule has 1 saturated carbocycles. The molecule has 1 aliphatic carbocycles. The van der Waals surface area contributed by atoms with Crippen molar-refractivity contribution in [2.24, 2.45) is 5.41 Å². The lowest BCUT2D eigenvalue weighted by Crippen LogP contribution is -2.40. The Morgan fingerprint density at radius 2 is 1.73 bits per heavy atom. The van der Waals surface area contributed by atoms with Crippen molar-refractivity contribution in [1.82, 2.24) is 4.90 Å². The Morgan fingerprint density at radius 1 is 1.09 bits per heavy atom. The van der Waals surface area contributed by atoms with Crippen LogP contribution in [0.3, 0.4) is 0 Å². The van der Waals surface area contributed by atoms with Gasteiger partial charge in [-0.25, -0.2) is 0 Å². The van der Waals surface area contributed by atoms with Gasteiger partial charge in [-0.1, -0.05) is 49.6 Å². The summed E-state index contributed by atoms with van der Waals surface area (Å²) >= 11 is 0. The number of carbonyl (C=O) groups is 2. The molecule has 1 amide bonds. The Bertz CT molecular complexity index is 504. The van der Waals surface area contributed by atoms with Crippen molar-refractivity contribution in [3.63, 3.8) is 0 Å². The van der Waals surface area contributed by atoms with Gasteiger partial charge < -0.3 is 9.64 Å². The van der Waals surface area contributed by atoms with Gasteiger partial charge in [-0.15, -0.1) is 0 Å². The predicted octanol–water partition coefficient (Wildman–Crippen LogP) is 3.16. The second-order valence-electron chi connectivity index (χ2n) is 6.37. The molecule has 1 aromatic rings. The molecule has 0 aliphatic heterocycles. The number of carbonyl (C=O) groups excluding carboxylic acids is 2. The maximum atomic E-state index is 12.7. The van der Waals surface area contributed by atoms with Crippen molar-refractivity contribution in [3.05, 3.63) is 35.9 Å². The lowest BCUT2D eigenvalue weighted by molar-refractivity contribution is -0.163. The molecule has 1 aliphatic rings. The number of amides is 1. The van der Waals surface area contributed by atoms with Crippen molar-refractivity contribution < 1.29 is 14.3 Å². The maximum Gasteiger partial charge on any atom is 0.312 e. The van der Waals surface area contributed by atoms with Gasteiger partial charge in [0.15, 0.2) is 0 Å². The van der Waals surface area contributed by atoms with Gasteiger partial charge in [0.2, 0.25) is 5.91 Å². The normalized spacial score (nSPS) is 16.8. The van der Waals surface area contributed by atoms with Crippen LogP contribution in [-0.4, -0.2) is 30.9 Å². The molecule has 120 valence electrons. The highest BCUT2D eigenvalue weighted by Crippen LogP contribution is 2.41. The maximum absolute atomic E-state index is 12.7. The SMILES string of the molecule is CN(C)C(=O)CC1(C(=O)OCc2ccccc2)CCCCC1. The van der Waals surface area contributed by atoms with E-state index in [1.807, 2.05) is 30.3 Å². The number of benzene rings is 1. The average molecular weight is 303 g/mol. The van der Waals surface area contributed by atoms with Crippen LogP contribution in [0, 0.1) is 5.41 Å². The van der Waals surface area contributed by atoms with Crippen molar-refractivity contribution in [3.8, 4) is 0 Å². The van der Waals surface area contributed by atoms with Crippen LogP contribution in [0.1, 0.15) is 44.1 Å². The van der Waals surface area contributed by atoms with Gasteiger partial charge in [0.1, 0.15) is 6.61 Å². The number of rotatable bonds is 5. The highest BCUT2D eigenvalue weighted by atomic mass is 16.5. The fourth-order valence-electron chi connectivity index (χ4n) is 3.01. The van der Waals surface area contributed by atoms with Crippen LogP contribution in [0.15, 0.2) is 30.3 Å². The van der Waals surface area contributed by atoms with Crippen LogP contribution in [0.25, 0.3) is 0 Å². The van der Waals surface area contributed by atoms with Gasteiger partial charge in [0.25, 0.3) is 0 Å². The van der Waals surface area contributed by atoms with Crippen LogP contribution in [0.4, 0.5) is 0 Å². The third kappa shape index (κ3) is 4.09. The number of hydrogen-bond acceptors (Lipinski definition) is 3. The molecule has 22 heavy (non-hydrogen) atoms. The summed E-state index contributed by atoms with van der Waals surface area (Å²) in [7, 11) is 3.46. The minimum absolute atomic E-state index is 0.00133. The monoisotopic (exact) mass is 303 g/mol. The molecular weight excluding hydrogens is 278 g/mol. The van der Waals surface area contributed by atoms with Gasteiger partial charge in [-0.3, -0.25) is 9.59 Å². The summed E-state index contributed by atoms with van der Waals surface area (Å²) in [6.45, 7) is 0.275. The topological polar surface area (TPSA) is 46.6 Å². The zero-order valence-electron chi connectivity index (χ0n) is 13.5. The Balaban J connectivity index is 2.04. The first-order valence-corrected chi connectivity index (χ1v) is 7.95. The summed E-state index contributed by atoms with van der Waals surface area (Å²) in [5, 5.41) is 0. The fraction of sp³-hybridized carbons (Fsp3) is 0.556. The molecule has 0 heterocycles. The first-order valence-electron chi connectivity index (χ1n) is 7.95. The third-order valence-corrected chi connectivity index (χ3v) is 4.44. The van der Waals surface area contributed by atoms with E-state index in [9.17, 15) is 9.59 Å². The molecule has 0 radical (unpaired) electrons. The second kappa shape index (κ2) is 7.43. The molecule has 0 N–H and O–H groups in total. The molecule has 0 bridgehead atoms. The molecule has 0 spiro atoms. The van der Waals surface area contributed by atoms with Gasteiger partial charge in [0.05, 0.1) is 5.41 Å². The molecule has 0 saturated heterocycles. The zero-order chi connectivity index (χ0) is 16.0. The van der Waals surface area contributed by atoms with E-state index >= 15 is 0 Å². The van der Waals surface area contributed by atoms with Crippen LogP contribution in [-0.2, 0) is 20.9 Å². The highest BCUT2D eigenvalue weighted by molar-refractivity contribution is 5.85. The summed E-state index contributed by atoms with van der Waals surface area (Å²) in [5.74, 6) is -0.218. The largest absolute Gasteiger partial charge is 0.460 e. The molecule has 0 unspecified atom stereocenters. The predicted molar refractivity (Wildman–Crippen MR) is 85.1 cm³/mol. The molecule has 0 atom stereocenters.